The third-order valence-corrected chi connectivity index (χ3v) is 6.53. The zero-order valence-corrected chi connectivity index (χ0v) is 17.5. The molecular weight excluding hydrogens is 378 g/mol. The van der Waals surface area contributed by atoms with Gasteiger partial charge in [0.2, 0.25) is 0 Å². The van der Waals surface area contributed by atoms with E-state index in [-0.39, 0.29) is 5.92 Å². The molecule has 0 saturated carbocycles. The average molecular weight is 404 g/mol. The summed E-state index contributed by atoms with van der Waals surface area (Å²) in [5.41, 5.74) is 5.43. The summed E-state index contributed by atoms with van der Waals surface area (Å²) in [7, 11) is 0. The summed E-state index contributed by atoms with van der Waals surface area (Å²) in [6.45, 7) is 0. The van der Waals surface area contributed by atoms with Crippen LogP contribution in [0, 0.1) is 11.3 Å². The molecule has 31 heavy (non-hydrogen) atoms. The van der Waals surface area contributed by atoms with Crippen LogP contribution in [0.1, 0.15) is 53.3 Å². The lowest BCUT2D eigenvalue weighted by Crippen LogP contribution is -2.39. The molecule has 1 unspecified atom stereocenters. The van der Waals surface area contributed by atoms with Crippen molar-refractivity contribution in [1.29, 1.82) is 5.26 Å². The summed E-state index contributed by atoms with van der Waals surface area (Å²) in [5, 5.41) is 9.36. The first-order valence-electron chi connectivity index (χ1n) is 11.0. The molecule has 3 nitrogen and oxygen atoms in total. The van der Waals surface area contributed by atoms with Gasteiger partial charge in [0, 0.05) is 18.0 Å². The van der Waals surface area contributed by atoms with Crippen LogP contribution in [0.3, 0.4) is 0 Å². The minimum atomic E-state index is -0.529. The zero-order valence-electron chi connectivity index (χ0n) is 17.5. The Morgan fingerprint density at radius 3 is 1.84 bits per heavy atom. The third kappa shape index (κ3) is 3.16. The molecule has 1 atom stereocenters. The monoisotopic (exact) mass is 403 g/mol. The van der Waals surface area contributed by atoms with E-state index in [2.05, 4.69) is 102 Å². The van der Waals surface area contributed by atoms with Gasteiger partial charge in [0.15, 0.2) is 0 Å². The van der Waals surface area contributed by atoms with Crippen molar-refractivity contribution in [2.24, 2.45) is 0 Å². The van der Waals surface area contributed by atoms with Gasteiger partial charge in [-0.25, -0.2) is 4.98 Å². The number of fused-ring (bicyclic) bond motifs is 1. The molecule has 1 heterocycles. The smallest absolute Gasteiger partial charge is 0.121 e. The first-order valence-corrected chi connectivity index (χ1v) is 11.0. The quantitative estimate of drug-likeness (QED) is 0.380. The maximum atomic E-state index is 9.36. The van der Waals surface area contributed by atoms with E-state index in [0.717, 1.165) is 25.0 Å². The van der Waals surface area contributed by atoms with E-state index in [1.807, 2.05) is 6.33 Å². The molecule has 4 aromatic rings. The molecule has 0 aliphatic heterocycles. The number of hydrogen-bond acceptors (Lipinski definition) is 2. The van der Waals surface area contributed by atoms with Crippen LogP contribution >= 0.6 is 0 Å². The van der Waals surface area contributed by atoms with E-state index in [9.17, 15) is 5.26 Å². The first kappa shape index (κ1) is 19.3. The predicted octanol–water partition coefficient (Wildman–Crippen LogP) is 6.06. The van der Waals surface area contributed by atoms with Crippen LogP contribution in [-0.4, -0.2) is 9.55 Å². The number of hydrogen-bond donors (Lipinski definition) is 0. The number of nitrogens with zero attached hydrogens (tertiary/aromatic N) is 3. The molecule has 0 radical (unpaired) electrons. The Bertz CT molecular complexity index is 1090. The van der Waals surface area contributed by atoms with Crippen LogP contribution in [0.2, 0.25) is 0 Å². The molecule has 0 saturated heterocycles. The second kappa shape index (κ2) is 8.24. The van der Waals surface area contributed by atoms with E-state index in [1.165, 1.54) is 22.4 Å². The summed E-state index contributed by atoms with van der Waals surface area (Å²) >= 11 is 0. The lowest BCUT2D eigenvalue weighted by molar-refractivity contribution is 0.468. The van der Waals surface area contributed by atoms with Gasteiger partial charge in [0.25, 0.3) is 0 Å². The normalized spacial score (nSPS) is 15.8. The molecule has 0 amide bonds. The van der Waals surface area contributed by atoms with Gasteiger partial charge in [0.1, 0.15) is 5.54 Å². The van der Waals surface area contributed by atoms with Crippen molar-refractivity contribution in [2.45, 2.75) is 37.1 Å². The average Bonchev–Trinajstić information content (AvgIpc) is 3.28. The van der Waals surface area contributed by atoms with Gasteiger partial charge in [-0.15, -0.1) is 0 Å². The van der Waals surface area contributed by atoms with Crippen LogP contribution in [0.25, 0.3) is 0 Å². The van der Waals surface area contributed by atoms with Crippen molar-refractivity contribution in [1.82, 2.24) is 9.55 Å². The number of aromatic nitrogens is 2. The van der Waals surface area contributed by atoms with Crippen molar-refractivity contribution in [2.75, 3.05) is 0 Å². The highest BCUT2D eigenvalue weighted by molar-refractivity contribution is 5.51. The maximum Gasteiger partial charge on any atom is 0.121 e. The van der Waals surface area contributed by atoms with Gasteiger partial charge in [-0.3, -0.25) is 0 Å². The predicted molar refractivity (Wildman–Crippen MR) is 123 cm³/mol. The molecule has 1 aliphatic carbocycles. The second-order valence-electron chi connectivity index (χ2n) is 8.21. The van der Waals surface area contributed by atoms with Gasteiger partial charge >= 0.3 is 0 Å². The molecule has 1 aliphatic rings. The Hall–Kier alpha value is -3.64. The Balaban J connectivity index is 1.86. The van der Waals surface area contributed by atoms with Crippen molar-refractivity contribution in [3.8, 4) is 6.07 Å². The molecule has 0 bridgehead atoms. The Labute approximate surface area is 183 Å². The minimum absolute atomic E-state index is 0.218. The van der Waals surface area contributed by atoms with Crippen molar-refractivity contribution in [3.63, 3.8) is 0 Å². The third-order valence-electron chi connectivity index (χ3n) is 6.53. The SMILES string of the molecule is N#CCC1CCCc2c1ncn2C(c1ccccc1)(c1ccccc1)c1ccccc1. The van der Waals surface area contributed by atoms with E-state index >= 15 is 0 Å². The fourth-order valence-electron chi connectivity index (χ4n) is 5.18. The van der Waals surface area contributed by atoms with E-state index in [4.69, 9.17) is 4.98 Å². The summed E-state index contributed by atoms with van der Waals surface area (Å²) in [6.07, 6.45) is 5.63. The van der Waals surface area contributed by atoms with Crippen LogP contribution in [0.5, 0.6) is 0 Å². The second-order valence-corrected chi connectivity index (χ2v) is 8.21. The van der Waals surface area contributed by atoms with Gasteiger partial charge in [-0.05, 0) is 36.0 Å². The highest BCUT2D eigenvalue weighted by atomic mass is 15.1. The number of nitriles is 1. The Kier molecular flexibility index (Phi) is 5.14. The molecule has 0 N–H and O–H groups in total. The molecule has 0 spiro atoms. The molecule has 1 aromatic heterocycles. The van der Waals surface area contributed by atoms with Crippen LogP contribution in [-0.2, 0) is 12.0 Å². The molecule has 3 aromatic carbocycles. The van der Waals surface area contributed by atoms with Gasteiger partial charge in [-0.2, -0.15) is 5.26 Å². The van der Waals surface area contributed by atoms with Crippen molar-refractivity contribution in [3.05, 3.63) is 125 Å². The summed E-state index contributed by atoms with van der Waals surface area (Å²) < 4.78 is 2.38. The van der Waals surface area contributed by atoms with Gasteiger partial charge < -0.3 is 4.57 Å². The number of benzene rings is 3. The zero-order chi connectivity index (χ0) is 21.1. The van der Waals surface area contributed by atoms with Crippen molar-refractivity contribution < 1.29 is 0 Å². The lowest BCUT2D eigenvalue weighted by Gasteiger charge is -2.39. The number of rotatable bonds is 5. The summed E-state index contributed by atoms with van der Waals surface area (Å²) in [4.78, 5) is 4.91. The first-order chi connectivity index (χ1) is 15.4. The number of imidazole rings is 1. The van der Waals surface area contributed by atoms with Crippen LogP contribution < -0.4 is 0 Å². The largest absolute Gasteiger partial charge is 0.316 e. The Morgan fingerprint density at radius 1 is 0.839 bits per heavy atom. The summed E-state index contributed by atoms with van der Waals surface area (Å²) in [6, 6.07) is 34.5. The standard InChI is InChI=1S/C28H25N3/c29-20-19-22-11-10-18-26-27(22)30-21-31(26)28(23-12-4-1-5-13-23,24-14-6-2-7-15-24)25-16-8-3-9-17-25/h1-9,12-17,21-22H,10-11,18-19H2. The van der Waals surface area contributed by atoms with E-state index < -0.39 is 5.54 Å². The lowest BCUT2D eigenvalue weighted by atomic mass is 9.76. The van der Waals surface area contributed by atoms with Crippen LogP contribution in [0.4, 0.5) is 0 Å². The minimum Gasteiger partial charge on any atom is -0.316 e. The van der Waals surface area contributed by atoms with Gasteiger partial charge in [-0.1, -0.05) is 91.0 Å². The molecule has 152 valence electrons. The maximum absolute atomic E-state index is 9.36. The summed E-state index contributed by atoms with van der Waals surface area (Å²) in [5.74, 6) is 0.218. The molecular formula is C28H25N3. The fraction of sp³-hybridized carbons (Fsp3) is 0.214. The highest BCUT2D eigenvalue weighted by Crippen LogP contribution is 2.44. The molecule has 5 rings (SSSR count). The van der Waals surface area contributed by atoms with Crippen molar-refractivity contribution >= 4 is 0 Å². The fourth-order valence-corrected chi connectivity index (χ4v) is 5.18. The Morgan fingerprint density at radius 2 is 1.35 bits per heavy atom. The van der Waals surface area contributed by atoms with E-state index in [1.54, 1.807) is 0 Å². The molecule has 3 heteroatoms. The topological polar surface area (TPSA) is 41.6 Å². The van der Waals surface area contributed by atoms with Gasteiger partial charge in [0.05, 0.1) is 18.1 Å². The highest BCUT2D eigenvalue weighted by Gasteiger charge is 2.41. The van der Waals surface area contributed by atoms with E-state index in [0.29, 0.717) is 6.42 Å². The molecule has 0 fully saturated rings. The van der Waals surface area contributed by atoms with Crippen LogP contribution in [0.15, 0.2) is 97.3 Å².